The molecule has 1 aliphatic heterocycles. The van der Waals surface area contributed by atoms with Crippen molar-refractivity contribution in [1.29, 1.82) is 0 Å². The van der Waals surface area contributed by atoms with Crippen molar-refractivity contribution in [2.24, 2.45) is 0 Å². The third kappa shape index (κ3) is 1.62. The Kier molecular flexibility index (Phi) is 2.46. The minimum atomic E-state index is 0.0110. The third-order valence-electron chi connectivity index (χ3n) is 2.35. The second-order valence-electron chi connectivity index (χ2n) is 3.34. The largest absolute Gasteiger partial charge is 0.372 e. The molecule has 1 aliphatic rings. The van der Waals surface area contributed by atoms with E-state index < -0.39 is 0 Å². The van der Waals surface area contributed by atoms with Gasteiger partial charge < -0.3 is 10.2 Å². The zero-order valence-corrected chi connectivity index (χ0v) is 9.47. The van der Waals surface area contributed by atoms with Gasteiger partial charge in [-0.1, -0.05) is 15.9 Å². The van der Waals surface area contributed by atoms with Crippen LogP contribution in [0.4, 0.5) is 5.69 Å². The van der Waals surface area contributed by atoms with E-state index in [1.54, 1.807) is 0 Å². The number of halogens is 1. The zero-order chi connectivity index (χ0) is 10.1. The van der Waals surface area contributed by atoms with Crippen molar-refractivity contribution < 1.29 is 4.79 Å². The molecular formula is C10H11BrN2O. The Morgan fingerprint density at radius 3 is 3.07 bits per heavy atom. The first-order chi connectivity index (χ1) is 6.68. The Morgan fingerprint density at radius 1 is 1.50 bits per heavy atom. The van der Waals surface area contributed by atoms with Gasteiger partial charge in [0.15, 0.2) is 0 Å². The van der Waals surface area contributed by atoms with Crippen molar-refractivity contribution in [3.8, 4) is 0 Å². The van der Waals surface area contributed by atoms with Gasteiger partial charge >= 0.3 is 0 Å². The molecule has 1 heterocycles. The molecule has 0 unspecified atom stereocenters. The smallest absolute Gasteiger partial charge is 0.253 e. The summed E-state index contributed by atoms with van der Waals surface area (Å²) in [4.78, 5) is 13.7. The number of carbonyl (C=O) groups is 1. The molecule has 0 spiro atoms. The first kappa shape index (κ1) is 9.52. The monoisotopic (exact) mass is 254 g/mol. The van der Waals surface area contributed by atoms with Gasteiger partial charge in [0.2, 0.25) is 0 Å². The normalized spacial score (nSPS) is 15.9. The van der Waals surface area contributed by atoms with E-state index in [9.17, 15) is 4.79 Å². The first-order valence-electron chi connectivity index (χ1n) is 4.47. The Bertz CT molecular complexity index is 378. The minimum absolute atomic E-state index is 0.0110. The van der Waals surface area contributed by atoms with Crippen molar-refractivity contribution in [2.75, 3.05) is 25.0 Å². The molecule has 0 bridgehead atoms. The lowest BCUT2D eigenvalue weighted by Crippen LogP contribution is -2.27. The van der Waals surface area contributed by atoms with Crippen LogP contribution < -0.4 is 10.2 Å². The van der Waals surface area contributed by atoms with Crippen LogP contribution in [-0.2, 0) is 0 Å². The molecule has 0 aliphatic carbocycles. The van der Waals surface area contributed by atoms with Crippen LogP contribution in [0.2, 0.25) is 0 Å². The highest BCUT2D eigenvalue weighted by atomic mass is 79.9. The summed E-state index contributed by atoms with van der Waals surface area (Å²) >= 11 is 3.40. The van der Waals surface area contributed by atoms with Crippen molar-refractivity contribution in [3.63, 3.8) is 0 Å². The standard InChI is InChI=1S/C10H11BrN2O/c1-13-5-4-12-10(14)8-3-2-7(11)6-9(8)13/h2-3,6H,4-5H2,1H3,(H,12,14). The van der Waals surface area contributed by atoms with E-state index in [1.165, 1.54) is 0 Å². The Balaban J connectivity index is 2.54. The van der Waals surface area contributed by atoms with Gasteiger partial charge in [0.05, 0.1) is 11.3 Å². The first-order valence-corrected chi connectivity index (χ1v) is 5.26. The molecule has 1 aromatic rings. The van der Waals surface area contributed by atoms with Crippen LogP contribution in [0, 0.1) is 0 Å². The quantitative estimate of drug-likeness (QED) is 0.764. The van der Waals surface area contributed by atoms with Crippen molar-refractivity contribution in [1.82, 2.24) is 5.32 Å². The molecule has 1 N–H and O–H groups in total. The van der Waals surface area contributed by atoms with Crippen molar-refractivity contribution in [2.45, 2.75) is 0 Å². The van der Waals surface area contributed by atoms with Gasteiger partial charge in [-0.3, -0.25) is 4.79 Å². The van der Waals surface area contributed by atoms with Crippen LogP contribution in [-0.4, -0.2) is 26.0 Å². The third-order valence-corrected chi connectivity index (χ3v) is 2.84. The van der Waals surface area contributed by atoms with E-state index in [-0.39, 0.29) is 5.91 Å². The SMILES string of the molecule is CN1CCNC(=O)c2ccc(Br)cc21. The van der Waals surface area contributed by atoms with E-state index in [4.69, 9.17) is 0 Å². The minimum Gasteiger partial charge on any atom is -0.372 e. The van der Waals surface area contributed by atoms with Gasteiger partial charge in [-0.25, -0.2) is 0 Å². The number of nitrogens with one attached hydrogen (secondary N) is 1. The topological polar surface area (TPSA) is 32.3 Å². The molecule has 3 nitrogen and oxygen atoms in total. The van der Waals surface area contributed by atoms with Crippen LogP contribution in [0.1, 0.15) is 10.4 Å². The van der Waals surface area contributed by atoms with Crippen molar-refractivity contribution in [3.05, 3.63) is 28.2 Å². The van der Waals surface area contributed by atoms with E-state index in [2.05, 4.69) is 26.1 Å². The Labute approximate surface area is 91.2 Å². The lowest BCUT2D eigenvalue weighted by atomic mass is 10.1. The Morgan fingerprint density at radius 2 is 2.29 bits per heavy atom. The Hall–Kier alpha value is -1.03. The zero-order valence-electron chi connectivity index (χ0n) is 7.88. The van der Waals surface area contributed by atoms with Gasteiger partial charge in [-0.15, -0.1) is 0 Å². The molecule has 1 aromatic carbocycles. The van der Waals surface area contributed by atoms with Crippen molar-refractivity contribution >= 4 is 27.5 Å². The highest BCUT2D eigenvalue weighted by Gasteiger charge is 2.17. The van der Waals surface area contributed by atoms with Crippen LogP contribution in [0.3, 0.4) is 0 Å². The molecule has 1 amide bonds. The van der Waals surface area contributed by atoms with Gasteiger partial charge in [-0.2, -0.15) is 0 Å². The fourth-order valence-corrected chi connectivity index (χ4v) is 1.91. The van der Waals surface area contributed by atoms with Gasteiger partial charge in [0.25, 0.3) is 5.91 Å². The molecule has 0 fully saturated rings. The lowest BCUT2D eigenvalue weighted by Gasteiger charge is -2.17. The fourth-order valence-electron chi connectivity index (χ4n) is 1.57. The maximum absolute atomic E-state index is 11.6. The number of carbonyl (C=O) groups excluding carboxylic acids is 1. The van der Waals surface area contributed by atoms with Crippen LogP contribution in [0.15, 0.2) is 22.7 Å². The summed E-state index contributed by atoms with van der Waals surface area (Å²) in [5, 5.41) is 2.85. The molecule has 2 rings (SSSR count). The number of amides is 1. The number of anilines is 1. The van der Waals surface area contributed by atoms with Gasteiger partial charge in [0.1, 0.15) is 0 Å². The predicted octanol–water partition coefficient (Wildman–Crippen LogP) is 1.63. The summed E-state index contributed by atoms with van der Waals surface area (Å²) < 4.78 is 0.998. The maximum atomic E-state index is 11.6. The fraction of sp³-hybridized carbons (Fsp3) is 0.300. The number of hydrogen-bond donors (Lipinski definition) is 1. The molecular weight excluding hydrogens is 244 g/mol. The molecule has 0 saturated carbocycles. The predicted molar refractivity (Wildman–Crippen MR) is 59.7 cm³/mol. The number of hydrogen-bond acceptors (Lipinski definition) is 2. The molecule has 74 valence electrons. The van der Waals surface area contributed by atoms with Crippen LogP contribution in [0.25, 0.3) is 0 Å². The van der Waals surface area contributed by atoms with E-state index in [0.29, 0.717) is 6.54 Å². The van der Waals surface area contributed by atoms with Crippen LogP contribution in [0.5, 0.6) is 0 Å². The molecule has 0 atom stereocenters. The molecule has 4 heteroatoms. The second kappa shape index (κ2) is 3.61. The summed E-state index contributed by atoms with van der Waals surface area (Å²) in [6.07, 6.45) is 0. The number of likely N-dealkylation sites (N-methyl/N-ethyl adjacent to an activating group) is 1. The number of rotatable bonds is 0. The average Bonchev–Trinajstić information content (AvgIpc) is 2.28. The van der Waals surface area contributed by atoms with Gasteiger partial charge in [-0.05, 0) is 18.2 Å². The number of benzene rings is 1. The lowest BCUT2D eigenvalue weighted by molar-refractivity contribution is 0.0958. The highest BCUT2D eigenvalue weighted by molar-refractivity contribution is 9.10. The van der Waals surface area contributed by atoms with Gasteiger partial charge in [0, 0.05) is 24.6 Å². The van der Waals surface area contributed by atoms with E-state index in [1.807, 2.05) is 25.2 Å². The summed E-state index contributed by atoms with van der Waals surface area (Å²) in [5.74, 6) is 0.0110. The highest BCUT2D eigenvalue weighted by Crippen LogP contribution is 2.25. The number of nitrogens with zero attached hydrogens (tertiary/aromatic N) is 1. The molecule has 0 radical (unpaired) electrons. The summed E-state index contributed by atoms with van der Waals surface area (Å²) in [6, 6.07) is 5.70. The summed E-state index contributed by atoms with van der Waals surface area (Å²) in [7, 11) is 1.99. The summed E-state index contributed by atoms with van der Waals surface area (Å²) in [6.45, 7) is 1.54. The second-order valence-corrected chi connectivity index (χ2v) is 4.25. The molecule has 0 saturated heterocycles. The summed E-state index contributed by atoms with van der Waals surface area (Å²) in [5.41, 5.74) is 1.72. The van der Waals surface area contributed by atoms with Crippen LogP contribution >= 0.6 is 15.9 Å². The average molecular weight is 255 g/mol. The molecule has 0 aromatic heterocycles. The van der Waals surface area contributed by atoms with E-state index in [0.717, 1.165) is 22.3 Å². The molecule has 14 heavy (non-hydrogen) atoms. The maximum Gasteiger partial charge on any atom is 0.253 e. The van der Waals surface area contributed by atoms with E-state index >= 15 is 0 Å². The number of fused-ring (bicyclic) bond motifs is 1.